The summed E-state index contributed by atoms with van der Waals surface area (Å²) in [4.78, 5) is 22.7. The van der Waals surface area contributed by atoms with Gasteiger partial charge >= 0.3 is 5.97 Å². The number of hydrogen-bond donors (Lipinski definition) is 2. The average Bonchev–Trinajstić information content (AvgIpc) is 2.74. The third-order valence-corrected chi connectivity index (χ3v) is 3.81. The smallest absolute Gasteiger partial charge is 0.319 e. The molecule has 7 heteroatoms. The van der Waals surface area contributed by atoms with E-state index in [1.54, 1.807) is 30.8 Å². The minimum atomic E-state index is -0.977. The minimum absolute atomic E-state index is 0.0859. The molecular formula is C12H19N3O3S. The van der Waals surface area contributed by atoms with Crippen LogP contribution in [-0.4, -0.2) is 37.3 Å². The molecule has 0 aliphatic rings. The molecule has 2 N–H and O–H groups in total. The van der Waals surface area contributed by atoms with Crippen molar-refractivity contribution in [3.63, 3.8) is 0 Å². The summed E-state index contributed by atoms with van der Waals surface area (Å²) in [7, 11) is 0. The Morgan fingerprint density at radius 3 is 2.68 bits per heavy atom. The van der Waals surface area contributed by atoms with Gasteiger partial charge in [0.1, 0.15) is 10.6 Å². The molecule has 1 heterocycles. The number of rotatable bonds is 6. The van der Waals surface area contributed by atoms with Crippen molar-refractivity contribution in [2.75, 3.05) is 11.1 Å². The van der Waals surface area contributed by atoms with Gasteiger partial charge in [-0.2, -0.15) is 5.10 Å². The van der Waals surface area contributed by atoms with Crippen LogP contribution in [0.2, 0.25) is 0 Å². The Labute approximate surface area is 116 Å². The summed E-state index contributed by atoms with van der Waals surface area (Å²) in [6, 6.07) is 1.86. The summed E-state index contributed by atoms with van der Waals surface area (Å²) >= 11 is 1.09. The number of nitrogens with one attached hydrogen (secondary N) is 1. The highest BCUT2D eigenvalue weighted by molar-refractivity contribution is 8.02. The molecule has 0 saturated heterocycles. The Kier molecular flexibility index (Phi) is 4.99. The highest BCUT2D eigenvalue weighted by Crippen LogP contribution is 2.24. The van der Waals surface area contributed by atoms with Gasteiger partial charge in [0.2, 0.25) is 5.91 Å². The Balaban J connectivity index is 2.57. The molecular weight excluding hydrogens is 266 g/mol. The molecule has 0 saturated carbocycles. The van der Waals surface area contributed by atoms with E-state index in [2.05, 4.69) is 10.4 Å². The van der Waals surface area contributed by atoms with Crippen molar-refractivity contribution in [2.24, 2.45) is 0 Å². The van der Waals surface area contributed by atoms with Crippen molar-refractivity contribution >= 4 is 29.5 Å². The lowest BCUT2D eigenvalue weighted by Gasteiger charge is -2.18. The summed E-state index contributed by atoms with van der Waals surface area (Å²) < 4.78 is 0.723. The minimum Gasteiger partial charge on any atom is -0.480 e. The molecule has 0 atom stereocenters. The Morgan fingerprint density at radius 2 is 2.16 bits per heavy atom. The van der Waals surface area contributed by atoms with Crippen LogP contribution in [0.25, 0.3) is 0 Å². The van der Waals surface area contributed by atoms with Gasteiger partial charge in [-0.3, -0.25) is 9.59 Å². The van der Waals surface area contributed by atoms with Crippen LogP contribution in [0.1, 0.15) is 33.7 Å². The third kappa shape index (κ3) is 4.27. The summed E-state index contributed by atoms with van der Waals surface area (Å²) in [6.45, 7) is 7.08. The highest BCUT2D eigenvalue weighted by Gasteiger charge is 2.28. The van der Waals surface area contributed by atoms with Gasteiger partial charge in [0, 0.05) is 12.1 Å². The second-order valence-electron chi connectivity index (χ2n) is 4.91. The lowest BCUT2D eigenvalue weighted by atomic mass is 10.2. The molecule has 0 fully saturated rings. The molecule has 19 heavy (non-hydrogen) atoms. The van der Waals surface area contributed by atoms with Crippen LogP contribution in [0.5, 0.6) is 0 Å². The predicted octanol–water partition coefficient (Wildman–Crippen LogP) is 2.00. The van der Waals surface area contributed by atoms with Crippen molar-refractivity contribution in [1.29, 1.82) is 0 Å². The van der Waals surface area contributed by atoms with Gasteiger partial charge in [-0.05, 0) is 27.7 Å². The molecule has 6 nitrogen and oxygen atoms in total. The topological polar surface area (TPSA) is 84.2 Å². The van der Waals surface area contributed by atoms with E-state index in [9.17, 15) is 9.59 Å². The quantitative estimate of drug-likeness (QED) is 0.835. The van der Waals surface area contributed by atoms with Crippen molar-refractivity contribution < 1.29 is 14.7 Å². The number of carboxylic acids is 1. The predicted molar refractivity (Wildman–Crippen MR) is 75.4 cm³/mol. The first-order valence-electron chi connectivity index (χ1n) is 5.94. The first-order valence-corrected chi connectivity index (χ1v) is 6.93. The standard InChI is InChI=1S/C12H19N3O3S/c1-8(2)15-9(5-6-13-15)14-10(16)7-19-12(3,4)11(17)18/h5-6,8H,7H2,1-4H3,(H,14,16)(H,17,18). The SMILES string of the molecule is CC(C)n1nccc1NC(=O)CSC(C)(C)C(=O)O. The molecule has 1 rings (SSSR count). The van der Waals surface area contributed by atoms with Gasteiger partial charge in [0.05, 0.1) is 11.9 Å². The third-order valence-electron chi connectivity index (χ3n) is 2.51. The Bertz CT molecular complexity index is 469. The van der Waals surface area contributed by atoms with E-state index in [1.165, 1.54) is 0 Å². The van der Waals surface area contributed by atoms with E-state index >= 15 is 0 Å². The second kappa shape index (κ2) is 6.10. The van der Waals surface area contributed by atoms with Crippen LogP contribution in [0.3, 0.4) is 0 Å². The van der Waals surface area contributed by atoms with Crippen molar-refractivity contribution in [3.8, 4) is 0 Å². The molecule has 1 amide bonds. The van der Waals surface area contributed by atoms with Crippen molar-refractivity contribution in [3.05, 3.63) is 12.3 Å². The maximum atomic E-state index is 11.8. The second-order valence-corrected chi connectivity index (χ2v) is 6.51. The molecule has 0 aliphatic heterocycles. The number of amides is 1. The maximum Gasteiger partial charge on any atom is 0.319 e. The summed E-state index contributed by atoms with van der Waals surface area (Å²) in [5.74, 6) is -0.462. The fourth-order valence-corrected chi connectivity index (χ4v) is 2.00. The number of carbonyl (C=O) groups is 2. The van der Waals surface area contributed by atoms with Crippen molar-refractivity contribution in [1.82, 2.24) is 9.78 Å². The fraction of sp³-hybridized carbons (Fsp3) is 0.583. The van der Waals surface area contributed by atoms with Gasteiger partial charge in [0.25, 0.3) is 0 Å². The van der Waals surface area contributed by atoms with E-state index < -0.39 is 10.7 Å². The van der Waals surface area contributed by atoms with Gasteiger partial charge in [-0.1, -0.05) is 0 Å². The summed E-state index contributed by atoms with van der Waals surface area (Å²) in [5, 5.41) is 15.8. The molecule has 1 aromatic heterocycles. The number of carboxylic acid groups (broad SMARTS) is 1. The first-order chi connectivity index (χ1) is 8.74. The molecule has 1 aromatic rings. The number of anilines is 1. The number of thioether (sulfide) groups is 1. The van der Waals surface area contributed by atoms with Crippen molar-refractivity contribution in [2.45, 2.75) is 38.5 Å². The molecule has 0 bridgehead atoms. The fourth-order valence-electron chi connectivity index (χ4n) is 1.31. The van der Waals surface area contributed by atoms with Crippen LogP contribution in [0.4, 0.5) is 5.82 Å². The normalized spacial score (nSPS) is 11.6. The highest BCUT2D eigenvalue weighted by atomic mass is 32.2. The van der Waals surface area contributed by atoms with Crippen LogP contribution >= 0.6 is 11.8 Å². The Hall–Kier alpha value is -1.50. The van der Waals surface area contributed by atoms with E-state index in [4.69, 9.17) is 5.11 Å². The number of hydrogen-bond acceptors (Lipinski definition) is 4. The molecule has 0 aliphatic carbocycles. The van der Waals surface area contributed by atoms with Gasteiger partial charge in [-0.25, -0.2) is 4.68 Å². The zero-order chi connectivity index (χ0) is 14.6. The average molecular weight is 285 g/mol. The summed E-state index contributed by atoms with van der Waals surface area (Å²) in [6.07, 6.45) is 1.62. The van der Waals surface area contributed by atoms with Gasteiger partial charge in [-0.15, -0.1) is 11.8 Å². The largest absolute Gasteiger partial charge is 0.480 e. The molecule has 106 valence electrons. The number of nitrogens with zero attached hydrogens (tertiary/aromatic N) is 2. The number of aromatic nitrogens is 2. The molecule has 0 unspecified atom stereocenters. The lowest BCUT2D eigenvalue weighted by molar-refractivity contribution is -0.138. The van der Waals surface area contributed by atoms with E-state index in [0.29, 0.717) is 5.82 Å². The van der Waals surface area contributed by atoms with Gasteiger partial charge < -0.3 is 10.4 Å². The van der Waals surface area contributed by atoms with Crippen LogP contribution in [-0.2, 0) is 9.59 Å². The van der Waals surface area contributed by atoms with Crippen LogP contribution < -0.4 is 5.32 Å². The van der Waals surface area contributed by atoms with Gasteiger partial charge in [0.15, 0.2) is 0 Å². The number of carbonyl (C=O) groups excluding carboxylic acids is 1. The maximum absolute atomic E-state index is 11.8. The Morgan fingerprint density at radius 1 is 1.53 bits per heavy atom. The summed E-state index contributed by atoms with van der Waals surface area (Å²) in [5.41, 5.74) is 0. The van der Waals surface area contributed by atoms with E-state index in [-0.39, 0.29) is 17.7 Å². The molecule has 0 aromatic carbocycles. The number of aliphatic carboxylic acids is 1. The zero-order valence-corrected chi connectivity index (χ0v) is 12.3. The lowest BCUT2D eigenvalue weighted by Crippen LogP contribution is -2.30. The molecule has 0 spiro atoms. The van der Waals surface area contributed by atoms with E-state index in [1.807, 2.05) is 13.8 Å². The zero-order valence-electron chi connectivity index (χ0n) is 11.5. The van der Waals surface area contributed by atoms with Crippen LogP contribution in [0, 0.1) is 0 Å². The van der Waals surface area contributed by atoms with Crippen LogP contribution in [0.15, 0.2) is 12.3 Å². The molecule has 0 radical (unpaired) electrons. The first kappa shape index (κ1) is 15.6. The van der Waals surface area contributed by atoms with E-state index in [0.717, 1.165) is 11.8 Å². The monoisotopic (exact) mass is 285 g/mol.